The topological polar surface area (TPSA) is 68.4 Å². The lowest BCUT2D eigenvalue weighted by Gasteiger charge is -2.44. The van der Waals surface area contributed by atoms with Crippen LogP contribution in [0.1, 0.15) is 88.8 Å². The number of likely N-dealkylation sites (tertiary alicyclic amines) is 1. The lowest BCUT2D eigenvalue weighted by atomic mass is 10.1. The zero-order valence-electron chi connectivity index (χ0n) is 41.0. The van der Waals surface area contributed by atoms with Crippen molar-refractivity contribution in [2.75, 3.05) is 19.6 Å². The lowest BCUT2D eigenvalue weighted by Crippen LogP contribution is -2.71. The second-order valence-electron chi connectivity index (χ2n) is 21.4. The average Bonchev–Trinajstić information content (AvgIpc) is 3.74. The number of rotatable bonds is 9. The van der Waals surface area contributed by atoms with Crippen LogP contribution in [0.15, 0.2) is 146 Å². The highest BCUT2D eigenvalue weighted by Crippen LogP contribution is 2.50. The summed E-state index contributed by atoms with van der Waals surface area (Å²) in [5, 5.41) is 16.9. The number of fused-ring (bicyclic) bond motifs is 4. The summed E-state index contributed by atoms with van der Waals surface area (Å²) in [7, 11) is -5.03. The normalized spacial score (nSPS) is 22.6. The molecule has 366 valence electrons. The van der Waals surface area contributed by atoms with Crippen LogP contribution in [0.5, 0.6) is 0 Å². The van der Waals surface area contributed by atoms with Gasteiger partial charge in [0.25, 0.3) is 16.6 Å². The van der Waals surface area contributed by atoms with Gasteiger partial charge in [-0.25, -0.2) is 13.8 Å². The van der Waals surface area contributed by atoms with E-state index in [1.54, 1.807) is 6.07 Å². The molecule has 5 aliphatic rings. The van der Waals surface area contributed by atoms with Crippen molar-refractivity contribution in [1.82, 2.24) is 4.90 Å². The number of ether oxygens (including phenoxy) is 1. The fraction of sp³-hybridized carbons (Fsp3) is 0.362. The highest BCUT2D eigenvalue weighted by molar-refractivity contribution is 7.00. The molecule has 6 atom stereocenters. The summed E-state index contributed by atoms with van der Waals surface area (Å²) in [6.07, 6.45) is 4.98. The van der Waals surface area contributed by atoms with Crippen LogP contribution in [0.25, 0.3) is 0 Å². The van der Waals surface area contributed by atoms with E-state index in [0.717, 1.165) is 42.6 Å². The predicted molar refractivity (Wildman–Crippen MR) is 284 cm³/mol. The Labute approximate surface area is 424 Å². The van der Waals surface area contributed by atoms with Crippen molar-refractivity contribution < 1.29 is 32.5 Å². The zero-order chi connectivity index (χ0) is 49.4. The van der Waals surface area contributed by atoms with Crippen LogP contribution in [0.4, 0.5) is 8.78 Å². The summed E-state index contributed by atoms with van der Waals surface area (Å²) in [6, 6.07) is 49.1. The maximum absolute atomic E-state index is 14.6. The summed E-state index contributed by atoms with van der Waals surface area (Å²) >= 11 is 11.9. The molecule has 6 nitrogen and oxygen atoms in total. The first-order valence-corrected chi connectivity index (χ1v) is 29.2. The molecule has 3 aliphatic heterocycles. The molecule has 12 heteroatoms. The predicted octanol–water partition coefficient (Wildman–Crippen LogP) is 9.05. The maximum Gasteiger partial charge on any atom is 0.261 e. The number of epoxide rings is 1. The van der Waals surface area contributed by atoms with Gasteiger partial charge in [-0.3, -0.25) is 4.90 Å². The number of nitrogens with zero attached hydrogens (tertiary/aromatic N) is 1. The van der Waals surface area contributed by atoms with Crippen LogP contribution in [0, 0.1) is 11.6 Å². The molecule has 6 aromatic rings. The van der Waals surface area contributed by atoms with Crippen molar-refractivity contribution in [3.05, 3.63) is 190 Å². The Morgan fingerprint density at radius 1 is 0.629 bits per heavy atom. The van der Waals surface area contributed by atoms with E-state index in [4.69, 9.17) is 36.8 Å². The van der Waals surface area contributed by atoms with Crippen molar-refractivity contribution in [2.24, 2.45) is 0 Å². The Balaban J connectivity index is 0.000000147. The Kier molecular flexibility index (Phi) is 14.9. The van der Waals surface area contributed by atoms with Crippen LogP contribution in [0.3, 0.4) is 0 Å². The fourth-order valence-corrected chi connectivity index (χ4v) is 21.4. The van der Waals surface area contributed by atoms with Crippen LogP contribution in [0.2, 0.25) is 20.1 Å². The van der Waals surface area contributed by atoms with Crippen molar-refractivity contribution in [1.29, 1.82) is 0 Å². The van der Waals surface area contributed by atoms with Crippen LogP contribution in [-0.2, 0) is 26.4 Å². The summed E-state index contributed by atoms with van der Waals surface area (Å²) < 4.78 is 47.3. The molecular weight excluding hydrogens is 954 g/mol. The first-order chi connectivity index (χ1) is 33.5. The third kappa shape index (κ3) is 10.1. The molecule has 0 amide bonds. The minimum absolute atomic E-state index is 0.0154. The van der Waals surface area contributed by atoms with E-state index in [-0.39, 0.29) is 52.2 Å². The van der Waals surface area contributed by atoms with E-state index < -0.39 is 22.7 Å². The smallest absolute Gasteiger partial charge is 0.261 e. The summed E-state index contributed by atoms with van der Waals surface area (Å²) in [5.74, 6) is -0.512. The largest absolute Gasteiger partial charge is 0.403 e. The lowest BCUT2D eigenvalue weighted by molar-refractivity contribution is -0.450. The fourth-order valence-electron chi connectivity index (χ4n) is 11.5. The van der Waals surface area contributed by atoms with E-state index in [0.29, 0.717) is 35.0 Å². The van der Waals surface area contributed by atoms with E-state index >= 15 is 0 Å². The molecule has 6 aromatic carbocycles. The SMILES string of the molecule is CC(C)(C)[Si](O[C@@H]1CC=[NH+]C1)(c1ccccc1)c1ccccc1.CC(C)(C)[Si](O[C@@H]1CCN([C@@H]2c3cc(Cl)cc(F)c3C[C@H]2O)C1)(c1ccccc1)c1ccccc1.Fc1cc(Cl)cc2c1C[C@H]1O[C@@H]21. The molecule has 0 spiro atoms. The quantitative estimate of drug-likeness (QED) is 0.112. The van der Waals surface area contributed by atoms with Gasteiger partial charge in [-0.2, -0.15) is 0 Å². The zero-order valence-corrected chi connectivity index (χ0v) is 44.5. The van der Waals surface area contributed by atoms with Gasteiger partial charge in [-0.05, 0) is 83.8 Å². The van der Waals surface area contributed by atoms with Crippen molar-refractivity contribution in [2.45, 2.75) is 114 Å². The first kappa shape index (κ1) is 50.6. The Morgan fingerprint density at radius 2 is 1.07 bits per heavy atom. The number of hydrogen-bond acceptors (Lipinski definition) is 5. The van der Waals surface area contributed by atoms with Gasteiger partial charge in [0, 0.05) is 36.0 Å². The number of nitrogens with one attached hydrogen (secondary N) is 1. The van der Waals surface area contributed by atoms with Gasteiger partial charge in [0.1, 0.15) is 30.1 Å². The van der Waals surface area contributed by atoms with Crippen LogP contribution >= 0.6 is 23.2 Å². The molecule has 2 saturated heterocycles. The minimum Gasteiger partial charge on any atom is -0.403 e. The maximum atomic E-state index is 14.6. The van der Waals surface area contributed by atoms with Crippen LogP contribution in [-0.4, -0.2) is 76.9 Å². The average molecular weight is 1020 g/mol. The van der Waals surface area contributed by atoms with Gasteiger partial charge in [0.15, 0.2) is 6.54 Å². The first-order valence-electron chi connectivity index (χ1n) is 24.7. The summed E-state index contributed by atoms with van der Waals surface area (Å²) in [6.45, 7) is 16.2. The van der Waals surface area contributed by atoms with Gasteiger partial charge < -0.3 is 18.7 Å². The number of benzene rings is 6. The second-order valence-corrected chi connectivity index (χ2v) is 30.7. The van der Waals surface area contributed by atoms with Crippen molar-refractivity contribution in [3.63, 3.8) is 0 Å². The van der Waals surface area contributed by atoms with E-state index in [1.807, 2.05) is 6.07 Å². The number of halogens is 4. The molecule has 2 fully saturated rings. The molecule has 0 radical (unpaired) electrons. The molecule has 0 unspecified atom stereocenters. The number of aliphatic hydroxyl groups is 1. The van der Waals surface area contributed by atoms with Gasteiger partial charge in [0.05, 0.1) is 30.8 Å². The van der Waals surface area contributed by atoms with E-state index in [9.17, 15) is 13.9 Å². The van der Waals surface area contributed by atoms with Gasteiger partial charge in [-0.1, -0.05) is 186 Å². The summed E-state index contributed by atoms with van der Waals surface area (Å²) in [5.41, 5.74) is 3.14. The Morgan fingerprint density at radius 3 is 1.51 bits per heavy atom. The molecule has 70 heavy (non-hydrogen) atoms. The van der Waals surface area contributed by atoms with E-state index in [2.05, 4.69) is 179 Å². The summed E-state index contributed by atoms with van der Waals surface area (Å²) in [4.78, 5) is 5.58. The van der Waals surface area contributed by atoms with E-state index in [1.165, 1.54) is 32.9 Å². The molecular formula is C58H65Cl2F2N2O4Si2+. The highest BCUT2D eigenvalue weighted by atomic mass is 35.5. The standard InChI is InChI=1S/C29H33ClFNO2Si.C20H25NOSi.C9H6ClFO/c1-29(2,3)35(22-10-6-4-7-11-22,23-12-8-5-9-13-23)34-21-14-15-32(19-21)28-25-16-20(30)17-26(31)24(25)18-27(28)33;1-20(2,3)23(18-10-6-4-7-11-18,19-12-8-5-9-13-19)22-17-14-15-21-16-17;10-4-1-6-5(7(11)2-4)3-8-9(6)12-8/h4-13,16-17,21,27-28,33H,14-15,18-19H2,1-3H3;4-13,15,17H,14,16H2,1-3H3;1-2,8-9H,3H2/p+1/t21-,27-,28-;17-;8-,9+/m111/s1. The second kappa shape index (κ2) is 20.6. The van der Waals surface area contributed by atoms with Gasteiger partial charge in [-0.15, -0.1) is 0 Å². The number of hydrogen-bond donors (Lipinski definition) is 2. The molecule has 0 bridgehead atoms. The van der Waals surface area contributed by atoms with Gasteiger partial charge in [0.2, 0.25) is 0 Å². The number of aliphatic hydroxyl groups excluding tert-OH is 1. The Hall–Kier alpha value is -4.34. The molecule has 0 saturated carbocycles. The Bertz CT molecular complexity index is 2690. The monoisotopic (exact) mass is 1020 g/mol. The molecule has 11 rings (SSSR count). The molecule has 2 aliphatic carbocycles. The third-order valence-corrected chi connectivity index (χ3v) is 25.4. The van der Waals surface area contributed by atoms with Crippen LogP contribution < -0.4 is 25.7 Å². The molecule has 2 N–H and O–H groups in total. The minimum atomic E-state index is -2.66. The van der Waals surface area contributed by atoms with Gasteiger partial charge >= 0.3 is 0 Å². The van der Waals surface area contributed by atoms with Crippen molar-refractivity contribution in [3.8, 4) is 0 Å². The van der Waals surface area contributed by atoms with Crippen molar-refractivity contribution >= 4 is 66.8 Å². The molecule has 3 heterocycles. The molecule has 0 aromatic heterocycles. The third-order valence-electron chi connectivity index (χ3n) is 14.7. The highest BCUT2D eigenvalue weighted by Gasteiger charge is 2.54.